The molecule has 3 rings (SSSR count). The van der Waals surface area contributed by atoms with E-state index in [0.717, 1.165) is 19.5 Å². The van der Waals surface area contributed by atoms with Crippen molar-refractivity contribution in [1.82, 2.24) is 0 Å². The average Bonchev–Trinajstić information content (AvgIpc) is 2.64. The molecule has 0 bridgehead atoms. The minimum absolute atomic E-state index is 0.204. The van der Waals surface area contributed by atoms with Crippen LogP contribution >= 0.6 is 0 Å². The number of ether oxygens (including phenoxy) is 1. The Morgan fingerprint density at radius 1 is 1.26 bits per heavy atom. The van der Waals surface area contributed by atoms with Crippen molar-refractivity contribution in [3.8, 4) is 0 Å². The van der Waals surface area contributed by atoms with E-state index in [0.29, 0.717) is 13.2 Å². The van der Waals surface area contributed by atoms with Gasteiger partial charge in [-0.1, -0.05) is 18.2 Å². The molecule has 2 aliphatic rings. The molecule has 1 aromatic rings. The number of hydrogen-bond donors (Lipinski definition) is 1. The van der Waals surface area contributed by atoms with E-state index in [9.17, 15) is 5.11 Å². The van der Waals surface area contributed by atoms with Crippen LogP contribution in [0.4, 0.5) is 5.69 Å². The van der Waals surface area contributed by atoms with Gasteiger partial charge in [-0.2, -0.15) is 0 Å². The van der Waals surface area contributed by atoms with Gasteiger partial charge in [0.2, 0.25) is 0 Å². The van der Waals surface area contributed by atoms with Crippen LogP contribution in [-0.4, -0.2) is 37.5 Å². The molecule has 0 spiro atoms. The van der Waals surface area contributed by atoms with Gasteiger partial charge in [-0.25, -0.2) is 0 Å². The molecule has 1 saturated heterocycles. The van der Waals surface area contributed by atoms with E-state index in [1.807, 2.05) is 0 Å². The summed E-state index contributed by atoms with van der Waals surface area (Å²) in [6.45, 7) is 3.41. The number of para-hydroxylation sites is 1. The number of anilines is 1. The average molecular weight is 261 g/mol. The van der Waals surface area contributed by atoms with Crippen molar-refractivity contribution in [2.24, 2.45) is 5.92 Å². The Bertz CT molecular complexity index is 421. The van der Waals surface area contributed by atoms with Crippen LogP contribution in [0.15, 0.2) is 24.3 Å². The standard InChI is InChI=1S/C16H23NO2/c18-16-8-10-19-12-14(16)11-17-9-4-3-6-13-5-1-2-7-15(13)17/h1-2,5,7,14,16,18H,3-4,6,8-12H2. The normalized spacial score (nSPS) is 27.7. The molecule has 0 amide bonds. The third-order valence-corrected chi connectivity index (χ3v) is 4.35. The van der Waals surface area contributed by atoms with Crippen molar-refractivity contribution in [1.29, 1.82) is 0 Å². The molecular weight excluding hydrogens is 238 g/mol. The van der Waals surface area contributed by atoms with Crippen molar-refractivity contribution < 1.29 is 9.84 Å². The molecule has 2 heterocycles. The van der Waals surface area contributed by atoms with Crippen molar-refractivity contribution in [3.63, 3.8) is 0 Å². The molecule has 2 unspecified atom stereocenters. The van der Waals surface area contributed by atoms with E-state index in [4.69, 9.17) is 4.74 Å². The van der Waals surface area contributed by atoms with E-state index in [1.54, 1.807) is 0 Å². The summed E-state index contributed by atoms with van der Waals surface area (Å²) in [6, 6.07) is 8.70. The molecule has 0 radical (unpaired) electrons. The highest BCUT2D eigenvalue weighted by Gasteiger charge is 2.27. The third kappa shape index (κ3) is 2.93. The van der Waals surface area contributed by atoms with Gasteiger partial charge in [-0.15, -0.1) is 0 Å². The van der Waals surface area contributed by atoms with Crippen LogP contribution < -0.4 is 4.90 Å². The Kier molecular flexibility index (Phi) is 4.04. The zero-order valence-corrected chi connectivity index (χ0v) is 11.4. The van der Waals surface area contributed by atoms with E-state index in [-0.39, 0.29) is 12.0 Å². The van der Waals surface area contributed by atoms with Crippen LogP contribution in [0.25, 0.3) is 0 Å². The smallest absolute Gasteiger partial charge is 0.0629 e. The largest absolute Gasteiger partial charge is 0.393 e. The van der Waals surface area contributed by atoms with Crippen molar-refractivity contribution >= 4 is 5.69 Å². The third-order valence-electron chi connectivity index (χ3n) is 4.35. The molecule has 2 atom stereocenters. The zero-order valence-electron chi connectivity index (χ0n) is 11.4. The number of aryl methyl sites for hydroxylation is 1. The maximum Gasteiger partial charge on any atom is 0.0629 e. The summed E-state index contributed by atoms with van der Waals surface area (Å²) in [5, 5.41) is 10.1. The molecule has 1 N–H and O–H groups in total. The zero-order chi connectivity index (χ0) is 13.1. The number of aliphatic hydroxyl groups is 1. The van der Waals surface area contributed by atoms with Gasteiger partial charge in [0, 0.05) is 31.3 Å². The van der Waals surface area contributed by atoms with E-state index >= 15 is 0 Å². The molecule has 19 heavy (non-hydrogen) atoms. The van der Waals surface area contributed by atoms with Crippen LogP contribution in [-0.2, 0) is 11.2 Å². The molecule has 3 heteroatoms. The lowest BCUT2D eigenvalue weighted by Crippen LogP contribution is -2.41. The first-order chi connectivity index (χ1) is 9.34. The Morgan fingerprint density at radius 3 is 3.05 bits per heavy atom. The van der Waals surface area contributed by atoms with Gasteiger partial charge in [-0.3, -0.25) is 0 Å². The second-order valence-electron chi connectivity index (χ2n) is 5.72. The fraction of sp³-hybridized carbons (Fsp3) is 0.625. The summed E-state index contributed by atoms with van der Waals surface area (Å²) in [4.78, 5) is 2.45. The first-order valence-electron chi connectivity index (χ1n) is 7.43. The van der Waals surface area contributed by atoms with Gasteiger partial charge in [0.25, 0.3) is 0 Å². The van der Waals surface area contributed by atoms with Crippen molar-refractivity contribution in [2.75, 3.05) is 31.2 Å². The van der Waals surface area contributed by atoms with Crippen LogP contribution in [0.2, 0.25) is 0 Å². The molecule has 3 nitrogen and oxygen atoms in total. The monoisotopic (exact) mass is 261 g/mol. The summed E-state index contributed by atoms with van der Waals surface area (Å²) >= 11 is 0. The number of benzene rings is 1. The number of rotatable bonds is 2. The van der Waals surface area contributed by atoms with Crippen molar-refractivity contribution in [2.45, 2.75) is 31.8 Å². The summed E-state index contributed by atoms with van der Waals surface area (Å²) in [7, 11) is 0. The molecule has 0 aromatic heterocycles. The lowest BCUT2D eigenvalue weighted by atomic mass is 9.97. The number of aliphatic hydroxyl groups excluding tert-OH is 1. The highest BCUT2D eigenvalue weighted by atomic mass is 16.5. The second-order valence-corrected chi connectivity index (χ2v) is 5.72. The number of hydrogen-bond acceptors (Lipinski definition) is 3. The van der Waals surface area contributed by atoms with Gasteiger partial charge >= 0.3 is 0 Å². The second kappa shape index (κ2) is 5.93. The van der Waals surface area contributed by atoms with Crippen LogP contribution in [0, 0.1) is 5.92 Å². The first-order valence-corrected chi connectivity index (χ1v) is 7.43. The fourth-order valence-electron chi connectivity index (χ4n) is 3.20. The number of nitrogens with zero attached hydrogens (tertiary/aromatic N) is 1. The molecule has 2 aliphatic heterocycles. The Hall–Kier alpha value is -1.06. The molecular formula is C16H23NO2. The SMILES string of the molecule is OC1CCOCC1CN1CCCCc2ccccc21. The Balaban J connectivity index is 1.76. The van der Waals surface area contributed by atoms with Crippen LogP contribution in [0.3, 0.4) is 0 Å². The number of fused-ring (bicyclic) bond motifs is 1. The van der Waals surface area contributed by atoms with Crippen molar-refractivity contribution in [3.05, 3.63) is 29.8 Å². The van der Waals surface area contributed by atoms with Gasteiger partial charge < -0.3 is 14.7 Å². The summed E-state index contributed by atoms with van der Waals surface area (Å²) in [5.74, 6) is 0.250. The highest BCUT2D eigenvalue weighted by Crippen LogP contribution is 2.28. The molecule has 1 aromatic carbocycles. The maximum atomic E-state index is 10.1. The van der Waals surface area contributed by atoms with Gasteiger partial charge in [-0.05, 0) is 37.3 Å². The Labute approximate surface area is 115 Å². The molecule has 1 fully saturated rings. The predicted octanol–water partition coefficient (Wildman–Crippen LogP) is 2.23. The molecule has 0 saturated carbocycles. The van der Waals surface area contributed by atoms with Crippen LogP contribution in [0.5, 0.6) is 0 Å². The first kappa shape index (κ1) is 12.9. The van der Waals surface area contributed by atoms with E-state index in [2.05, 4.69) is 29.2 Å². The maximum absolute atomic E-state index is 10.1. The Morgan fingerprint density at radius 2 is 2.16 bits per heavy atom. The van der Waals surface area contributed by atoms with Gasteiger partial charge in [0.1, 0.15) is 0 Å². The lowest BCUT2D eigenvalue weighted by Gasteiger charge is -2.34. The minimum Gasteiger partial charge on any atom is -0.393 e. The van der Waals surface area contributed by atoms with Gasteiger partial charge in [0.05, 0.1) is 12.7 Å². The van der Waals surface area contributed by atoms with E-state index < -0.39 is 0 Å². The van der Waals surface area contributed by atoms with Gasteiger partial charge in [0.15, 0.2) is 0 Å². The summed E-state index contributed by atoms with van der Waals surface area (Å²) in [6.07, 6.45) is 4.25. The van der Waals surface area contributed by atoms with E-state index in [1.165, 1.54) is 30.5 Å². The minimum atomic E-state index is -0.204. The lowest BCUT2D eigenvalue weighted by molar-refractivity contribution is -0.0323. The molecule has 0 aliphatic carbocycles. The highest BCUT2D eigenvalue weighted by molar-refractivity contribution is 5.54. The topological polar surface area (TPSA) is 32.7 Å². The fourth-order valence-corrected chi connectivity index (χ4v) is 3.20. The quantitative estimate of drug-likeness (QED) is 0.886. The predicted molar refractivity (Wildman–Crippen MR) is 76.5 cm³/mol. The molecule has 104 valence electrons. The van der Waals surface area contributed by atoms with Crippen LogP contribution in [0.1, 0.15) is 24.8 Å². The summed E-state index contributed by atoms with van der Waals surface area (Å²) < 4.78 is 5.53. The summed E-state index contributed by atoms with van der Waals surface area (Å²) in [5.41, 5.74) is 2.81.